The summed E-state index contributed by atoms with van der Waals surface area (Å²) in [7, 11) is 0. The molecule has 4 heteroatoms. The molecule has 19 heavy (non-hydrogen) atoms. The van der Waals surface area contributed by atoms with Crippen molar-refractivity contribution >= 4 is 5.91 Å². The van der Waals surface area contributed by atoms with E-state index in [1.165, 1.54) is 25.9 Å². The molecule has 0 aromatic rings. The summed E-state index contributed by atoms with van der Waals surface area (Å²) >= 11 is 0. The highest BCUT2D eigenvalue weighted by Crippen LogP contribution is 2.19. The molecule has 0 aromatic heterocycles. The first-order chi connectivity index (χ1) is 9.11. The average molecular weight is 267 g/mol. The van der Waals surface area contributed by atoms with E-state index in [0.29, 0.717) is 11.8 Å². The van der Waals surface area contributed by atoms with Crippen molar-refractivity contribution in [3.05, 3.63) is 0 Å². The van der Waals surface area contributed by atoms with Gasteiger partial charge in [0.2, 0.25) is 5.91 Å². The number of hydrogen-bond acceptors (Lipinski definition) is 3. The van der Waals surface area contributed by atoms with Gasteiger partial charge in [-0.3, -0.25) is 10.1 Å². The van der Waals surface area contributed by atoms with Gasteiger partial charge in [-0.1, -0.05) is 20.8 Å². The van der Waals surface area contributed by atoms with Crippen LogP contribution in [0.25, 0.3) is 0 Å². The van der Waals surface area contributed by atoms with Gasteiger partial charge in [-0.2, -0.15) is 0 Å². The Morgan fingerprint density at radius 2 is 1.95 bits per heavy atom. The third-order valence-electron chi connectivity index (χ3n) is 4.31. The molecule has 2 rings (SSSR count). The Bertz CT molecular complexity index is 300. The molecule has 0 spiro atoms. The Morgan fingerprint density at radius 1 is 1.26 bits per heavy atom. The minimum atomic E-state index is 0.0438. The number of rotatable bonds is 6. The molecule has 2 atom stereocenters. The van der Waals surface area contributed by atoms with Gasteiger partial charge in [-0.15, -0.1) is 0 Å². The van der Waals surface area contributed by atoms with Crippen molar-refractivity contribution in [3.8, 4) is 0 Å². The fraction of sp³-hybridized carbons (Fsp3) is 0.933. The largest absolute Gasteiger partial charge is 0.325 e. The summed E-state index contributed by atoms with van der Waals surface area (Å²) in [5.74, 6) is 0.933. The van der Waals surface area contributed by atoms with Gasteiger partial charge in [-0.05, 0) is 44.7 Å². The van der Waals surface area contributed by atoms with E-state index in [9.17, 15) is 4.79 Å². The predicted molar refractivity (Wildman–Crippen MR) is 77.8 cm³/mol. The van der Waals surface area contributed by atoms with E-state index in [1.807, 2.05) is 0 Å². The number of nitrogens with zero attached hydrogens (tertiary/aromatic N) is 2. The molecular weight excluding hydrogens is 238 g/mol. The third kappa shape index (κ3) is 3.69. The zero-order chi connectivity index (χ0) is 13.8. The van der Waals surface area contributed by atoms with Crippen LogP contribution in [-0.4, -0.2) is 54.1 Å². The normalized spacial score (nSPS) is 28.8. The minimum Gasteiger partial charge on any atom is -0.325 e. The SMILES string of the molecule is CCC1NC(CC(C)C)N(CCN2CCCC2)C1=O. The van der Waals surface area contributed by atoms with Crippen LogP contribution in [0.3, 0.4) is 0 Å². The van der Waals surface area contributed by atoms with E-state index in [1.54, 1.807) is 0 Å². The molecule has 0 saturated carbocycles. The van der Waals surface area contributed by atoms with Gasteiger partial charge in [0.15, 0.2) is 0 Å². The molecule has 2 heterocycles. The Balaban J connectivity index is 1.90. The van der Waals surface area contributed by atoms with E-state index >= 15 is 0 Å². The summed E-state index contributed by atoms with van der Waals surface area (Å²) < 4.78 is 0. The van der Waals surface area contributed by atoms with Gasteiger partial charge in [0.1, 0.15) is 0 Å². The second-order valence-corrected chi connectivity index (χ2v) is 6.35. The van der Waals surface area contributed by atoms with Crippen LogP contribution in [-0.2, 0) is 4.79 Å². The minimum absolute atomic E-state index is 0.0438. The van der Waals surface area contributed by atoms with Gasteiger partial charge in [0, 0.05) is 13.1 Å². The van der Waals surface area contributed by atoms with Crippen molar-refractivity contribution in [1.82, 2.24) is 15.1 Å². The lowest BCUT2D eigenvalue weighted by molar-refractivity contribution is -0.130. The van der Waals surface area contributed by atoms with E-state index < -0.39 is 0 Å². The Morgan fingerprint density at radius 3 is 2.53 bits per heavy atom. The number of likely N-dealkylation sites (tertiary alicyclic amines) is 1. The maximum atomic E-state index is 12.4. The molecule has 0 bridgehead atoms. The summed E-state index contributed by atoms with van der Waals surface area (Å²) in [6, 6.07) is 0.0438. The van der Waals surface area contributed by atoms with Crippen molar-refractivity contribution in [2.24, 2.45) is 5.92 Å². The van der Waals surface area contributed by atoms with Gasteiger partial charge in [-0.25, -0.2) is 0 Å². The molecule has 1 amide bonds. The second kappa shape index (κ2) is 6.71. The lowest BCUT2D eigenvalue weighted by Crippen LogP contribution is -2.42. The summed E-state index contributed by atoms with van der Waals surface area (Å²) in [4.78, 5) is 17.0. The van der Waals surface area contributed by atoms with Gasteiger partial charge in [0.05, 0.1) is 12.2 Å². The summed E-state index contributed by atoms with van der Waals surface area (Å²) in [5, 5.41) is 3.51. The van der Waals surface area contributed by atoms with Crippen molar-refractivity contribution < 1.29 is 4.79 Å². The fourth-order valence-electron chi connectivity index (χ4n) is 3.20. The maximum Gasteiger partial charge on any atom is 0.241 e. The molecule has 110 valence electrons. The van der Waals surface area contributed by atoms with Crippen molar-refractivity contribution in [3.63, 3.8) is 0 Å². The number of hydrogen-bond donors (Lipinski definition) is 1. The molecule has 2 aliphatic heterocycles. The topological polar surface area (TPSA) is 35.6 Å². The van der Waals surface area contributed by atoms with Crippen LogP contribution in [0.4, 0.5) is 0 Å². The Labute approximate surface area is 117 Å². The highest BCUT2D eigenvalue weighted by Gasteiger charge is 2.37. The molecule has 4 nitrogen and oxygen atoms in total. The molecule has 0 aliphatic carbocycles. The van der Waals surface area contributed by atoms with Crippen molar-refractivity contribution in [2.45, 2.75) is 58.7 Å². The molecule has 2 unspecified atom stereocenters. The zero-order valence-corrected chi connectivity index (χ0v) is 12.7. The molecule has 2 fully saturated rings. The highest BCUT2D eigenvalue weighted by molar-refractivity contribution is 5.84. The van der Waals surface area contributed by atoms with Crippen LogP contribution < -0.4 is 5.32 Å². The molecule has 0 radical (unpaired) electrons. The number of carbonyl (C=O) groups is 1. The van der Waals surface area contributed by atoms with Gasteiger partial charge in [0.25, 0.3) is 0 Å². The molecule has 0 aromatic carbocycles. The van der Waals surface area contributed by atoms with Crippen molar-refractivity contribution in [2.75, 3.05) is 26.2 Å². The maximum absolute atomic E-state index is 12.4. The summed E-state index contributed by atoms with van der Waals surface area (Å²) in [6.07, 6.45) is 4.84. The molecular formula is C15H29N3O. The van der Waals surface area contributed by atoms with Gasteiger partial charge < -0.3 is 9.80 Å². The van der Waals surface area contributed by atoms with E-state index in [4.69, 9.17) is 0 Å². The first-order valence-corrected chi connectivity index (χ1v) is 7.90. The van der Waals surface area contributed by atoms with Crippen LogP contribution in [0, 0.1) is 5.92 Å². The quantitative estimate of drug-likeness (QED) is 0.795. The van der Waals surface area contributed by atoms with Crippen molar-refractivity contribution in [1.29, 1.82) is 0 Å². The lowest BCUT2D eigenvalue weighted by Gasteiger charge is -2.27. The second-order valence-electron chi connectivity index (χ2n) is 6.35. The van der Waals surface area contributed by atoms with Crippen LogP contribution >= 0.6 is 0 Å². The number of amides is 1. The predicted octanol–water partition coefficient (Wildman–Crippen LogP) is 1.66. The molecule has 2 aliphatic rings. The highest BCUT2D eigenvalue weighted by atomic mass is 16.2. The Hall–Kier alpha value is -0.610. The standard InChI is InChI=1S/C15H29N3O/c1-4-13-15(19)18(14(16-13)11-12(2)3)10-9-17-7-5-6-8-17/h12-14,16H,4-11H2,1-3H3. The molecule has 1 N–H and O–H groups in total. The third-order valence-corrected chi connectivity index (χ3v) is 4.31. The van der Waals surface area contributed by atoms with Crippen LogP contribution in [0.1, 0.15) is 46.5 Å². The monoisotopic (exact) mass is 267 g/mol. The molecule has 2 saturated heterocycles. The van der Waals surface area contributed by atoms with Crippen LogP contribution in [0.15, 0.2) is 0 Å². The average Bonchev–Trinajstić information content (AvgIpc) is 2.96. The summed E-state index contributed by atoms with van der Waals surface area (Å²) in [5.41, 5.74) is 0. The Kier molecular flexibility index (Phi) is 5.22. The summed E-state index contributed by atoms with van der Waals surface area (Å²) in [6.45, 7) is 10.9. The first-order valence-electron chi connectivity index (χ1n) is 7.90. The lowest BCUT2D eigenvalue weighted by atomic mass is 10.1. The smallest absolute Gasteiger partial charge is 0.241 e. The first kappa shape index (κ1) is 14.8. The van der Waals surface area contributed by atoms with E-state index in [0.717, 1.165) is 25.9 Å². The van der Waals surface area contributed by atoms with E-state index in [-0.39, 0.29) is 12.2 Å². The van der Waals surface area contributed by atoms with E-state index in [2.05, 4.69) is 35.9 Å². The zero-order valence-electron chi connectivity index (χ0n) is 12.7. The van der Waals surface area contributed by atoms with Crippen LogP contribution in [0.2, 0.25) is 0 Å². The number of carbonyl (C=O) groups excluding carboxylic acids is 1. The van der Waals surface area contributed by atoms with Crippen LogP contribution in [0.5, 0.6) is 0 Å². The number of nitrogens with one attached hydrogen (secondary N) is 1. The van der Waals surface area contributed by atoms with Gasteiger partial charge >= 0.3 is 0 Å². The fourth-order valence-corrected chi connectivity index (χ4v) is 3.20.